The number of nitrogens with two attached hydrogens (primary N) is 1. The van der Waals surface area contributed by atoms with Crippen LogP contribution < -0.4 is 5.73 Å². The summed E-state index contributed by atoms with van der Waals surface area (Å²) in [5.74, 6) is 0. The Morgan fingerprint density at radius 1 is 1.16 bits per heavy atom. The Morgan fingerprint density at radius 2 is 1.84 bits per heavy atom. The Balaban J connectivity index is 2.89. The molecule has 0 aromatic carbocycles. The minimum absolute atomic E-state index is 0.135. The normalized spacial score (nSPS) is 12.1. The average molecular weight is 263 g/mol. The lowest BCUT2D eigenvalue weighted by atomic mass is 9.86. The van der Waals surface area contributed by atoms with E-state index in [1.165, 1.54) is 12.8 Å². The number of aromatic nitrogens is 1. The Hall–Kier alpha value is -0.930. The van der Waals surface area contributed by atoms with E-state index in [1.807, 2.05) is 12.3 Å². The van der Waals surface area contributed by atoms with E-state index in [-0.39, 0.29) is 5.54 Å². The summed E-state index contributed by atoms with van der Waals surface area (Å²) in [4.78, 5) is 6.97. The highest BCUT2D eigenvalue weighted by Crippen LogP contribution is 2.27. The molecule has 0 aliphatic rings. The molecule has 0 amide bonds. The van der Waals surface area contributed by atoms with Crippen LogP contribution in [0, 0.1) is 0 Å². The summed E-state index contributed by atoms with van der Waals surface area (Å²) in [7, 11) is 0. The second-order valence-electron chi connectivity index (χ2n) is 5.26. The molecule has 108 valence electrons. The Labute approximate surface area is 118 Å². The fourth-order valence-electron chi connectivity index (χ4n) is 3.01. The number of pyridine rings is 1. The average Bonchev–Trinajstić information content (AvgIpc) is 2.45. The van der Waals surface area contributed by atoms with Gasteiger partial charge in [0.15, 0.2) is 0 Å². The van der Waals surface area contributed by atoms with Gasteiger partial charge < -0.3 is 5.73 Å². The van der Waals surface area contributed by atoms with Crippen molar-refractivity contribution < 1.29 is 0 Å². The smallest absolute Gasteiger partial charge is 0.0544 e. The molecule has 1 heterocycles. The highest BCUT2D eigenvalue weighted by atomic mass is 15.2. The minimum Gasteiger partial charge on any atom is -0.329 e. The van der Waals surface area contributed by atoms with Crippen LogP contribution >= 0.6 is 0 Å². The maximum absolute atomic E-state index is 6.15. The summed E-state index contributed by atoms with van der Waals surface area (Å²) >= 11 is 0. The molecule has 1 rings (SSSR count). The molecule has 0 fully saturated rings. The maximum atomic E-state index is 6.15. The van der Waals surface area contributed by atoms with Crippen LogP contribution in [-0.4, -0.2) is 28.5 Å². The predicted octanol–water partition coefficient (Wildman–Crippen LogP) is 3.20. The van der Waals surface area contributed by atoms with Gasteiger partial charge in [0, 0.05) is 24.8 Å². The van der Waals surface area contributed by atoms with E-state index < -0.39 is 0 Å². The predicted molar refractivity (Wildman–Crippen MR) is 81.9 cm³/mol. The van der Waals surface area contributed by atoms with E-state index in [1.54, 1.807) is 0 Å². The largest absolute Gasteiger partial charge is 0.329 e. The summed E-state index contributed by atoms with van der Waals surface area (Å²) in [6, 6.07) is 6.12. The number of nitrogens with zero attached hydrogens (tertiary/aromatic N) is 2. The van der Waals surface area contributed by atoms with Crippen LogP contribution in [0.2, 0.25) is 0 Å². The third-order valence-corrected chi connectivity index (χ3v) is 3.94. The lowest BCUT2D eigenvalue weighted by Gasteiger charge is -2.43. The first-order chi connectivity index (χ1) is 9.22. The molecule has 0 saturated carbocycles. The topological polar surface area (TPSA) is 42.1 Å². The Morgan fingerprint density at radius 3 is 2.26 bits per heavy atom. The zero-order chi connectivity index (χ0) is 14.1. The van der Waals surface area contributed by atoms with Gasteiger partial charge in [0.2, 0.25) is 0 Å². The monoisotopic (exact) mass is 263 g/mol. The SMILES string of the molecule is CCCC(CN)(CCC)N(CC)Cc1ccccn1. The van der Waals surface area contributed by atoms with Gasteiger partial charge in [-0.1, -0.05) is 39.7 Å². The number of hydrogen-bond donors (Lipinski definition) is 1. The third-order valence-electron chi connectivity index (χ3n) is 3.94. The van der Waals surface area contributed by atoms with Crippen molar-refractivity contribution in [2.45, 2.75) is 58.5 Å². The second-order valence-corrected chi connectivity index (χ2v) is 5.26. The number of hydrogen-bond acceptors (Lipinski definition) is 3. The van der Waals surface area contributed by atoms with E-state index >= 15 is 0 Å². The van der Waals surface area contributed by atoms with Gasteiger partial charge >= 0.3 is 0 Å². The molecule has 19 heavy (non-hydrogen) atoms. The van der Waals surface area contributed by atoms with E-state index in [9.17, 15) is 0 Å². The lowest BCUT2D eigenvalue weighted by Crippen LogP contribution is -2.53. The van der Waals surface area contributed by atoms with Crippen molar-refractivity contribution in [1.82, 2.24) is 9.88 Å². The quantitative estimate of drug-likeness (QED) is 0.744. The highest BCUT2D eigenvalue weighted by Gasteiger charge is 2.32. The maximum Gasteiger partial charge on any atom is 0.0544 e. The van der Waals surface area contributed by atoms with E-state index in [4.69, 9.17) is 5.73 Å². The molecule has 3 heteroatoms. The fourth-order valence-corrected chi connectivity index (χ4v) is 3.01. The number of rotatable bonds is 9. The van der Waals surface area contributed by atoms with Crippen LogP contribution in [0.15, 0.2) is 24.4 Å². The molecule has 3 nitrogen and oxygen atoms in total. The summed E-state index contributed by atoms with van der Waals surface area (Å²) in [5, 5.41) is 0. The van der Waals surface area contributed by atoms with Gasteiger partial charge in [-0.3, -0.25) is 9.88 Å². The van der Waals surface area contributed by atoms with Gasteiger partial charge in [-0.25, -0.2) is 0 Å². The molecule has 2 N–H and O–H groups in total. The van der Waals surface area contributed by atoms with E-state index in [0.717, 1.165) is 38.2 Å². The molecular weight excluding hydrogens is 234 g/mol. The molecule has 0 bridgehead atoms. The van der Waals surface area contributed by atoms with Gasteiger partial charge in [0.25, 0.3) is 0 Å². The van der Waals surface area contributed by atoms with Crippen molar-refractivity contribution in [3.8, 4) is 0 Å². The first-order valence-electron chi connectivity index (χ1n) is 7.57. The summed E-state index contributed by atoms with van der Waals surface area (Å²) < 4.78 is 0. The van der Waals surface area contributed by atoms with Crippen molar-refractivity contribution in [2.75, 3.05) is 13.1 Å². The molecule has 0 radical (unpaired) electrons. The van der Waals surface area contributed by atoms with Crippen molar-refractivity contribution in [3.05, 3.63) is 30.1 Å². The zero-order valence-corrected chi connectivity index (χ0v) is 12.7. The number of likely N-dealkylation sites (N-methyl/N-ethyl adjacent to an activating group) is 1. The second kappa shape index (κ2) is 8.28. The molecule has 0 atom stereocenters. The van der Waals surface area contributed by atoms with Crippen molar-refractivity contribution >= 4 is 0 Å². The molecule has 0 aliphatic heterocycles. The van der Waals surface area contributed by atoms with Crippen molar-refractivity contribution in [1.29, 1.82) is 0 Å². The standard InChI is InChI=1S/C16H29N3/c1-4-10-16(14-17,11-5-2)19(6-3)13-15-9-7-8-12-18-15/h7-9,12H,4-6,10-11,13-14,17H2,1-3H3. The molecule has 0 aliphatic carbocycles. The zero-order valence-electron chi connectivity index (χ0n) is 12.7. The van der Waals surface area contributed by atoms with Crippen molar-refractivity contribution in [2.24, 2.45) is 5.73 Å². The van der Waals surface area contributed by atoms with Gasteiger partial charge in [-0.05, 0) is 31.5 Å². The lowest BCUT2D eigenvalue weighted by molar-refractivity contribution is 0.0707. The molecule has 0 unspecified atom stereocenters. The van der Waals surface area contributed by atoms with Crippen LogP contribution in [0.25, 0.3) is 0 Å². The molecule has 0 saturated heterocycles. The minimum atomic E-state index is 0.135. The van der Waals surface area contributed by atoms with Crippen LogP contribution in [0.3, 0.4) is 0 Å². The van der Waals surface area contributed by atoms with E-state index in [0.29, 0.717) is 0 Å². The van der Waals surface area contributed by atoms with Gasteiger partial charge in [-0.2, -0.15) is 0 Å². The summed E-state index contributed by atoms with van der Waals surface area (Å²) in [6.07, 6.45) is 6.55. The first kappa shape index (κ1) is 16.1. The summed E-state index contributed by atoms with van der Waals surface area (Å²) in [6.45, 7) is 9.36. The summed E-state index contributed by atoms with van der Waals surface area (Å²) in [5.41, 5.74) is 7.42. The fraction of sp³-hybridized carbons (Fsp3) is 0.688. The molecule has 1 aromatic heterocycles. The van der Waals surface area contributed by atoms with Crippen LogP contribution in [0.4, 0.5) is 0 Å². The highest BCUT2D eigenvalue weighted by molar-refractivity contribution is 5.05. The van der Waals surface area contributed by atoms with Gasteiger partial charge in [0.1, 0.15) is 0 Å². The van der Waals surface area contributed by atoms with Gasteiger partial charge in [-0.15, -0.1) is 0 Å². The van der Waals surface area contributed by atoms with Crippen LogP contribution in [0.5, 0.6) is 0 Å². The third kappa shape index (κ3) is 4.29. The van der Waals surface area contributed by atoms with E-state index in [2.05, 4.69) is 42.8 Å². The first-order valence-corrected chi connectivity index (χ1v) is 7.57. The Kier molecular flexibility index (Phi) is 7.03. The molecule has 0 spiro atoms. The van der Waals surface area contributed by atoms with Crippen LogP contribution in [-0.2, 0) is 6.54 Å². The molecular formula is C16H29N3. The van der Waals surface area contributed by atoms with Crippen molar-refractivity contribution in [3.63, 3.8) is 0 Å². The van der Waals surface area contributed by atoms with Crippen LogP contribution in [0.1, 0.15) is 52.1 Å². The van der Waals surface area contributed by atoms with Gasteiger partial charge in [0.05, 0.1) is 5.69 Å². The molecule has 1 aromatic rings. The Bertz CT molecular complexity index is 331.